The van der Waals surface area contributed by atoms with Crippen LogP contribution in [0.3, 0.4) is 0 Å². The molecular weight excluding hydrogens is 256 g/mol. The van der Waals surface area contributed by atoms with Crippen molar-refractivity contribution in [3.8, 4) is 0 Å². The third-order valence-corrected chi connectivity index (χ3v) is 5.10. The second-order valence-corrected chi connectivity index (χ2v) is 6.54. The summed E-state index contributed by atoms with van der Waals surface area (Å²) < 4.78 is 10.4. The Kier molecular flexibility index (Phi) is 12.1. The van der Waals surface area contributed by atoms with Crippen molar-refractivity contribution >= 4 is 23.5 Å². The molecular formula is C12H26O3S2. The van der Waals surface area contributed by atoms with Gasteiger partial charge in [0, 0.05) is 14.2 Å². The maximum Gasteiger partial charge on any atom is 0.0587 e. The number of thioether (sulfide) groups is 2. The Balaban J connectivity index is 0.000000284. The summed E-state index contributed by atoms with van der Waals surface area (Å²) in [5.41, 5.74) is 0. The van der Waals surface area contributed by atoms with Crippen molar-refractivity contribution in [3.63, 3.8) is 0 Å². The van der Waals surface area contributed by atoms with Gasteiger partial charge in [0.25, 0.3) is 0 Å². The second kappa shape index (κ2) is 11.7. The molecule has 0 aromatic heterocycles. The fourth-order valence-electron chi connectivity index (χ4n) is 1.82. The zero-order chi connectivity index (χ0) is 11.6. The minimum absolute atomic E-state index is 0. The average Bonchev–Trinajstić information content (AvgIpc) is 2.41. The Bertz CT molecular complexity index is 140. The number of methoxy groups -OCH3 is 2. The highest BCUT2D eigenvalue weighted by Gasteiger charge is 2.11. The summed E-state index contributed by atoms with van der Waals surface area (Å²) in [5, 5.41) is 0. The number of hydrogen-bond acceptors (Lipinski definition) is 4. The molecule has 104 valence electrons. The van der Waals surface area contributed by atoms with Crippen LogP contribution in [0.15, 0.2) is 0 Å². The van der Waals surface area contributed by atoms with E-state index in [1.54, 1.807) is 14.2 Å². The molecule has 0 aromatic carbocycles. The van der Waals surface area contributed by atoms with Crippen molar-refractivity contribution in [2.45, 2.75) is 37.9 Å². The van der Waals surface area contributed by atoms with Gasteiger partial charge in [-0.25, -0.2) is 0 Å². The van der Waals surface area contributed by atoms with Crippen molar-refractivity contribution in [1.29, 1.82) is 0 Å². The summed E-state index contributed by atoms with van der Waals surface area (Å²) in [4.78, 5) is 0. The van der Waals surface area contributed by atoms with Gasteiger partial charge in [0.15, 0.2) is 0 Å². The molecule has 5 heteroatoms. The van der Waals surface area contributed by atoms with E-state index < -0.39 is 0 Å². The SMILES string of the molecule is COC1CCSCC1.COC1CCSCC1.O. The Morgan fingerprint density at radius 2 is 1.00 bits per heavy atom. The van der Waals surface area contributed by atoms with Crippen molar-refractivity contribution < 1.29 is 14.9 Å². The number of hydrogen-bond donors (Lipinski definition) is 0. The molecule has 2 saturated heterocycles. The highest BCUT2D eigenvalue weighted by molar-refractivity contribution is 7.99. The monoisotopic (exact) mass is 282 g/mol. The summed E-state index contributed by atoms with van der Waals surface area (Å²) in [6.07, 6.45) is 6.14. The lowest BCUT2D eigenvalue weighted by Crippen LogP contribution is -2.16. The van der Waals surface area contributed by atoms with Gasteiger partial charge in [-0.1, -0.05) is 0 Å². The average molecular weight is 282 g/mol. The predicted molar refractivity (Wildman–Crippen MR) is 78.3 cm³/mol. The molecule has 0 amide bonds. The summed E-state index contributed by atoms with van der Waals surface area (Å²) in [5.74, 6) is 5.16. The topological polar surface area (TPSA) is 50.0 Å². The fourth-order valence-corrected chi connectivity index (χ4v) is 3.95. The van der Waals surface area contributed by atoms with Gasteiger partial charge in [-0.3, -0.25) is 0 Å². The van der Waals surface area contributed by atoms with Crippen LogP contribution in [0.1, 0.15) is 25.7 Å². The molecule has 0 bridgehead atoms. The van der Waals surface area contributed by atoms with Gasteiger partial charge in [-0.2, -0.15) is 23.5 Å². The predicted octanol–water partition coefficient (Wildman–Crippen LogP) is 2.23. The van der Waals surface area contributed by atoms with Crippen LogP contribution < -0.4 is 0 Å². The van der Waals surface area contributed by atoms with E-state index in [1.165, 1.54) is 48.7 Å². The summed E-state index contributed by atoms with van der Waals surface area (Å²) in [6, 6.07) is 0. The van der Waals surface area contributed by atoms with Crippen LogP contribution in [-0.2, 0) is 9.47 Å². The normalized spacial score (nSPS) is 22.2. The van der Waals surface area contributed by atoms with E-state index >= 15 is 0 Å². The third kappa shape index (κ3) is 8.32. The van der Waals surface area contributed by atoms with Crippen molar-refractivity contribution in [1.82, 2.24) is 0 Å². The molecule has 0 unspecified atom stereocenters. The van der Waals surface area contributed by atoms with Gasteiger partial charge < -0.3 is 14.9 Å². The largest absolute Gasteiger partial charge is 0.412 e. The van der Waals surface area contributed by atoms with Gasteiger partial charge in [-0.15, -0.1) is 0 Å². The quantitative estimate of drug-likeness (QED) is 0.779. The highest BCUT2D eigenvalue weighted by Crippen LogP contribution is 2.19. The Morgan fingerprint density at radius 1 is 0.706 bits per heavy atom. The molecule has 0 atom stereocenters. The molecule has 3 nitrogen and oxygen atoms in total. The van der Waals surface area contributed by atoms with Crippen LogP contribution >= 0.6 is 23.5 Å². The molecule has 0 aromatic rings. The summed E-state index contributed by atoms with van der Waals surface area (Å²) >= 11 is 4.07. The van der Waals surface area contributed by atoms with Crippen LogP contribution in [-0.4, -0.2) is 54.9 Å². The molecule has 17 heavy (non-hydrogen) atoms. The number of rotatable bonds is 2. The van der Waals surface area contributed by atoms with Gasteiger partial charge in [0.05, 0.1) is 12.2 Å². The van der Waals surface area contributed by atoms with E-state index in [-0.39, 0.29) is 5.48 Å². The maximum absolute atomic E-state index is 5.18. The molecule has 2 aliphatic rings. The van der Waals surface area contributed by atoms with Crippen LogP contribution in [0.2, 0.25) is 0 Å². The van der Waals surface area contributed by atoms with E-state index in [4.69, 9.17) is 9.47 Å². The lowest BCUT2D eigenvalue weighted by atomic mass is 10.2. The Morgan fingerprint density at radius 3 is 1.18 bits per heavy atom. The smallest absolute Gasteiger partial charge is 0.0587 e. The maximum atomic E-state index is 5.18. The van der Waals surface area contributed by atoms with Crippen LogP contribution in [0.4, 0.5) is 0 Å². The second-order valence-electron chi connectivity index (χ2n) is 4.09. The summed E-state index contributed by atoms with van der Waals surface area (Å²) in [7, 11) is 3.61. The first-order valence-electron chi connectivity index (χ1n) is 6.08. The molecule has 2 N–H and O–H groups in total. The molecule has 2 rings (SSSR count). The lowest BCUT2D eigenvalue weighted by Gasteiger charge is -2.18. The first kappa shape index (κ1) is 17.6. The highest BCUT2D eigenvalue weighted by atomic mass is 32.2. The van der Waals surface area contributed by atoms with Crippen molar-refractivity contribution in [3.05, 3.63) is 0 Å². The minimum Gasteiger partial charge on any atom is -0.412 e. The first-order valence-corrected chi connectivity index (χ1v) is 8.38. The van der Waals surface area contributed by atoms with Gasteiger partial charge >= 0.3 is 0 Å². The molecule has 0 spiro atoms. The zero-order valence-corrected chi connectivity index (χ0v) is 12.6. The van der Waals surface area contributed by atoms with Gasteiger partial charge in [0.1, 0.15) is 0 Å². The molecule has 2 aliphatic heterocycles. The molecule has 0 saturated carbocycles. The Hall–Kier alpha value is 0.580. The van der Waals surface area contributed by atoms with Gasteiger partial charge in [0.2, 0.25) is 0 Å². The number of ether oxygens (including phenoxy) is 2. The molecule has 2 fully saturated rings. The van der Waals surface area contributed by atoms with Crippen LogP contribution in [0, 0.1) is 0 Å². The standard InChI is InChI=1S/2C6H12OS.H2O/c2*1-7-6-2-4-8-5-3-6;/h2*6H,2-5H2,1H3;1H2. The third-order valence-electron chi connectivity index (χ3n) is 3.00. The van der Waals surface area contributed by atoms with Crippen LogP contribution in [0.25, 0.3) is 0 Å². The van der Waals surface area contributed by atoms with Crippen molar-refractivity contribution in [2.24, 2.45) is 0 Å². The van der Waals surface area contributed by atoms with E-state index in [9.17, 15) is 0 Å². The van der Waals surface area contributed by atoms with E-state index in [2.05, 4.69) is 0 Å². The summed E-state index contributed by atoms with van der Waals surface area (Å²) in [6.45, 7) is 0. The fraction of sp³-hybridized carbons (Fsp3) is 1.00. The zero-order valence-electron chi connectivity index (χ0n) is 10.9. The van der Waals surface area contributed by atoms with Crippen LogP contribution in [0.5, 0.6) is 0 Å². The first-order chi connectivity index (χ1) is 7.86. The Labute approximate surface area is 114 Å². The van der Waals surface area contributed by atoms with Crippen molar-refractivity contribution in [2.75, 3.05) is 37.2 Å². The molecule has 0 radical (unpaired) electrons. The minimum atomic E-state index is 0. The molecule has 0 aliphatic carbocycles. The van der Waals surface area contributed by atoms with E-state index in [0.29, 0.717) is 12.2 Å². The van der Waals surface area contributed by atoms with E-state index in [1.807, 2.05) is 23.5 Å². The van der Waals surface area contributed by atoms with Gasteiger partial charge in [-0.05, 0) is 48.7 Å². The van der Waals surface area contributed by atoms with E-state index in [0.717, 1.165) is 0 Å². The lowest BCUT2D eigenvalue weighted by molar-refractivity contribution is 0.0960. The molecule has 2 heterocycles.